The van der Waals surface area contributed by atoms with Gasteiger partial charge in [-0.15, -0.1) is 0 Å². The van der Waals surface area contributed by atoms with Gasteiger partial charge in [-0.05, 0) is 31.9 Å². The number of aliphatic hydroxyl groups is 1. The molecule has 5 heteroatoms. The molecule has 1 amide bonds. The molecular weight excluding hydrogens is 268 g/mol. The third kappa shape index (κ3) is 4.44. The van der Waals surface area contributed by atoms with E-state index >= 15 is 0 Å². The lowest BCUT2D eigenvalue weighted by molar-refractivity contribution is -0.118. The number of ether oxygens (including phenoxy) is 1. The second kappa shape index (κ2) is 8.00. The highest BCUT2D eigenvalue weighted by molar-refractivity contribution is 5.93. The van der Waals surface area contributed by atoms with Crippen molar-refractivity contribution >= 4 is 11.6 Å². The molecule has 21 heavy (non-hydrogen) atoms. The molecule has 1 aromatic carbocycles. The van der Waals surface area contributed by atoms with Gasteiger partial charge in [-0.3, -0.25) is 9.69 Å². The van der Waals surface area contributed by atoms with Crippen LogP contribution in [-0.4, -0.2) is 48.3 Å². The summed E-state index contributed by atoms with van der Waals surface area (Å²) >= 11 is 0. The fourth-order valence-electron chi connectivity index (χ4n) is 2.50. The molecule has 0 aliphatic heterocycles. The SMILES string of the molecule is CCOc1ccccc1NC(=O)CN(CCO)C1CCC1. The summed E-state index contributed by atoms with van der Waals surface area (Å²) in [5, 5.41) is 12.0. The number of nitrogens with zero attached hydrogens (tertiary/aromatic N) is 1. The Hall–Kier alpha value is -1.59. The Balaban J connectivity index is 1.93. The molecule has 0 bridgehead atoms. The first kappa shape index (κ1) is 15.8. The summed E-state index contributed by atoms with van der Waals surface area (Å²) in [5.74, 6) is 0.619. The van der Waals surface area contributed by atoms with Crippen LogP contribution in [0.5, 0.6) is 5.75 Å². The minimum Gasteiger partial charge on any atom is -0.492 e. The van der Waals surface area contributed by atoms with Gasteiger partial charge >= 0.3 is 0 Å². The second-order valence-corrected chi connectivity index (χ2v) is 5.26. The van der Waals surface area contributed by atoms with Gasteiger partial charge in [0.05, 0.1) is 25.4 Å². The van der Waals surface area contributed by atoms with Gasteiger partial charge < -0.3 is 15.2 Å². The van der Waals surface area contributed by atoms with E-state index in [0.29, 0.717) is 37.2 Å². The van der Waals surface area contributed by atoms with Crippen LogP contribution in [0.1, 0.15) is 26.2 Å². The van der Waals surface area contributed by atoms with E-state index in [4.69, 9.17) is 9.84 Å². The molecule has 2 N–H and O–H groups in total. The number of aliphatic hydroxyl groups excluding tert-OH is 1. The molecular formula is C16H24N2O3. The molecule has 2 rings (SSSR count). The normalized spacial score (nSPS) is 14.8. The topological polar surface area (TPSA) is 61.8 Å². The van der Waals surface area contributed by atoms with Gasteiger partial charge in [0, 0.05) is 12.6 Å². The largest absolute Gasteiger partial charge is 0.492 e. The number of hydrogen-bond acceptors (Lipinski definition) is 4. The van der Waals surface area contributed by atoms with Crippen LogP contribution in [0.25, 0.3) is 0 Å². The van der Waals surface area contributed by atoms with Crippen LogP contribution in [0, 0.1) is 0 Å². The van der Waals surface area contributed by atoms with Crippen molar-refractivity contribution in [1.82, 2.24) is 4.90 Å². The van der Waals surface area contributed by atoms with E-state index in [1.54, 1.807) is 0 Å². The molecule has 0 heterocycles. The van der Waals surface area contributed by atoms with Gasteiger partial charge in [-0.25, -0.2) is 0 Å². The van der Waals surface area contributed by atoms with Gasteiger partial charge in [-0.2, -0.15) is 0 Å². The minimum atomic E-state index is -0.0671. The number of carbonyl (C=O) groups is 1. The number of nitrogens with one attached hydrogen (secondary N) is 1. The van der Waals surface area contributed by atoms with E-state index in [9.17, 15) is 4.79 Å². The van der Waals surface area contributed by atoms with Crippen molar-refractivity contribution in [1.29, 1.82) is 0 Å². The predicted octanol–water partition coefficient (Wildman–Crippen LogP) is 1.87. The number of benzene rings is 1. The van der Waals surface area contributed by atoms with Gasteiger partial charge in [-0.1, -0.05) is 18.6 Å². The van der Waals surface area contributed by atoms with Crippen molar-refractivity contribution in [3.8, 4) is 5.75 Å². The Kier molecular flexibility index (Phi) is 6.02. The average Bonchev–Trinajstić information content (AvgIpc) is 2.39. The molecule has 1 fully saturated rings. The standard InChI is InChI=1S/C16H24N2O3/c1-2-21-15-9-4-3-8-14(15)17-16(20)12-18(10-11-19)13-6-5-7-13/h3-4,8-9,13,19H,2,5-7,10-12H2,1H3,(H,17,20). The van der Waals surface area contributed by atoms with Crippen LogP contribution in [-0.2, 0) is 4.79 Å². The molecule has 5 nitrogen and oxygen atoms in total. The Morgan fingerprint density at radius 1 is 1.43 bits per heavy atom. The molecule has 1 aliphatic rings. The van der Waals surface area contributed by atoms with Crippen LogP contribution in [0.2, 0.25) is 0 Å². The lowest BCUT2D eigenvalue weighted by Crippen LogP contribution is -2.45. The van der Waals surface area contributed by atoms with E-state index in [-0.39, 0.29) is 12.5 Å². The number of para-hydroxylation sites is 2. The summed E-state index contributed by atoms with van der Waals surface area (Å²) in [6.45, 7) is 3.42. The fourth-order valence-corrected chi connectivity index (χ4v) is 2.50. The van der Waals surface area contributed by atoms with Crippen molar-refractivity contribution in [3.05, 3.63) is 24.3 Å². The molecule has 0 atom stereocenters. The zero-order valence-corrected chi connectivity index (χ0v) is 12.5. The third-order valence-corrected chi connectivity index (χ3v) is 3.79. The first-order valence-electron chi connectivity index (χ1n) is 7.61. The van der Waals surface area contributed by atoms with Crippen LogP contribution in [0.4, 0.5) is 5.69 Å². The number of hydrogen-bond donors (Lipinski definition) is 2. The molecule has 1 saturated carbocycles. The highest BCUT2D eigenvalue weighted by Gasteiger charge is 2.26. The monoisotopic (exact) mass is 292 g/mol. The van der Waals surface area contributed by atoms with E-state index < -0.39 is 0 Å². The number of anilines is 1. The molecule has 0 aromatic heterocycles. The van der Waals surface area contributed by atoms with Crippen molar-refractivity contribution in [2.24, 2.45) is 0 Å². The molecule has 1 aromatic rings. The Morgan fingerprint density at radius 2 is 2.19 bits per heavy atom. The van der Waals surface area contributed by atoms with Crippen molar-refractivity contribution in [3.63, 3.8) is 0 Å². The summed E-state index contributed by atoms with van der Waals surface area (Å²) in [5.41, 5.74) is 0.696. The molecule has 1 aliphatic carbocycles. The van der Waals surface area contributed by atoms with Crippen LogP contribution in [0.3, 0.4) is 0 Å². The second-order valence-electron chi connectivity index (χ2n) is 5.26. The van der Waals surface area contributed by atoms with E-state index in [1.165, 1.54) is 6.42 Å². The van der Waals surface area contributed by atoms with Crippen LogP contribution >= 0.6 is 0 Å². The van der Waals surface area contributed by atoms with E-state index in [0.717, 1.165) is 12.8 Å². The minimum absolute atomic E-state index is 0.0671. The molecule has 0 saturated heterocycles. The zero-order valence-electron chi connectivity index (χ0n) is 12.5. The van der Waals surface area contributed by atoms with Gasteiger partial charge in [0.1, 0.15) is 5.75 Å². The molecule has 116 valence electrons. The average molecular weight is 292 g/mol. The quantitative estimate of drug-likeness (QED) is 0.768. The van der Waals surface area contributed by atoms with Crippen LogP contribution in [0.15, 0.2) is 24.3 Å². The smallest absolute Gasteiger partial charge is 0.238 e. The van der Waals surface area contributed by atoms with Crippen molar-refractivity contribution in [2.75, 3.05) is 31.6 Å². The Labute approximate surface area is 125 Å². The lowest BCUT2D eigenvalue weighted by Gasteiger charge is -2.36. The molecule has 0 unspecified atom stereocenters. The fraction of sp³-hybridized carbons (Fsp3) is 0.562. The molecule has 0 radical (unpaired) electrons. The Morgan fingerprint density at radius 3 is 2.81 bits per heavy atom. The summed E-state index contributed by atoms with van der Waals surface area (Å²) < 4.78 is 5.50. The summed E-state index contributed by atoms with van der Waals surface area (Å²) in [4.78, 5) is 14.3. The maximum Gasteiger partial charge on any atom is 0.238 e. The first-order valence-corrected chi connectivity index (χ1v) is 7.61. The summed E-state index contributed by atoms with van der Waals surface area (Å²) in [6, 6.07) is 7.87. The maximum atomic E-state index is 12.2. The van der Waals surface area contributed by atoms with Crippen molar-refractivity contribution in [2.45, 2.75) is 32.2 Å². The van der Waals surface area contributed by atoms with Gasteiger partial charge in [0.2, 0.25) is 5.91 Å². The first-order chi connectivity index (χ1) is 10.2. The van der Waals surface area contributed by atoms with Gasteiger partial charge in [0.25, 0.3) is 0 Å². The zero-order chi connectivity index (χ0) is 15.1. The van der Waals surface area contributed by atoms with Gasteiger partial charge in [0.15, 0.2) is 0 Å². The Bertz CT molecular complexity index is 461. The number of amides is 1. The number of carbonyl (C=O) groups excluding carboxylic acids is 1. The van der Waals surface area contributed by atoms with E-state index in [1.807, 2.05) is 31.2 Å². The maximum absolute atomic E-state index is 12.2. The van der Waals surface area contributed by atoms with Crippen LogP contribution < -0.4 is 10.1 Å². The third-order valence-electron chi connectivity index (χ3n) is 3.79. The molecule has 0 spiro atoms. The summed E-state index contributed by atoms with van der Waals surface area (Å²) in [7, 11) is 0. The summed E-state index contributed by atoms with van der Waals surface area (Å²) in [6.07, 6.45) is 3.44. The lowest BCUT2D eigenvalue weighted by atomic mass is 9.91. The predicted molar refractivity (Wildman–Crippen MR) is 82.5 cm³/mol. The van der Waals surface area contributed by atoms with Crippen molar-refractivity contribution < 1.29 is 14.6 Å². The highest BCUT2D eigenvalue weighted by atomic mass is 16.5. The highest BCUT2D eigenvalue weighted by Crippen LogP contribution is 2.26. The van der Waals surface area contributed by atoms with E-state index in [2.05, 4.69) is 10.2 Å². The number of rotatable bonds is 8.